The highest BCUT2D eigenvalue weighted by Crippen LogP contribution is 2.36. The minimum Gasteiger partial charge on any atom is -0.353 e. The Bertz CT molecular complexity index is 1030. The minimum absolute atomic E-state index is 0.116. The van der Waals surface area contributed by atoms with Crippen molar-refractivity contribution in [2.24, 2.45) is 0 Å². The fourth-order valence-corrected chi connectivity index (χ4v) is 3.40. The van der Waals surface area contributed by atoms with Gasteiger partial charge in [-0.25, -0.2) is 18.6 Å². The summed E-state index contributed by atoms with van der Waals surface area (Å²) in [6.45, 7) is 0.0432. The van der Waals surface area contributed by atoms with E-state index in [0.717, 1.165) is 29.3 Å². The van der Waals surface area contributed by atoms with Crippen LogP contribution in [-0.2, 0) is 11.0 Å². The van der Waals surface area contributed by atoms with E-state index >= 15 is 0 Å². The van der Waals surface area contributed by atoms with E-state index in [1.807, 2.05) is 0 Å². The highest BCUT2D eigenvalue weighted by Gasteiger charge is 2.36. The summed E-state index contributed by atoms with van der Waals surface area (Å²) < 4.78 is 67.2. The van der Waals surface area contributed by atoms with Gasteiger partial charge in [-0.15, -0.1) is 0 Å². The molecule has 1 aliphatic rings. The summed E-state index contributed by atoms with van der Waals surface area (Å²) in [7, 11) is 0. The number of carbonyl (C=O) groups is 2. The number of amides is 3. The molecule has 1 aromatic carbocycles. The molecule has 13 heteroatoms. The third kappa shape index (κ3) is 4.99. The number of hydrogen-bond donors (Lipinski definition) is 2. The van der Waals surface area contributed by atoms with Crippen molar-refractivity contribution in [1.29, 1.82) is 0 Å². The summed E-state index contributed by atoms with van der Waals surface area (Å²) in [5, 5.41) is 3.30. The average Bonchev–Trinajstić information content (AvgIpc) is 2.69. The van der Waals surface area contributed by atoms with Gasteiger partial charge in [-0.2, -0.15) is 13.2 Å². The monoisotopic (exact) mass is 482 g/mol. The molecule has 1 saturated heterocycles. The van der Waals surface area contributed by atoms with Gasteiger partial charge in [-0.3, -0.25) is 4.79 Å². The minimum atomic E-state index is -4.83. The number of hydrogen-bond acceptors (Lipinski definition) is 3. The van der Waals surface area contributed by atoms with Crippen LogP contribution >= 0.6 is 23.2 Å². The number of nitrogens with one attached hydrogen (secondary N) is 2. The van der Waals surface area contributed by atoms with E-state index < -0.39 is 51.5 Å². The number of carbonyl (C=O) groups excluding carboxylic acids is 2. The Morgan fingerprint density at radius 2 is 1.97 bits per heavy atom. The fraction of sp³-hybridized carbons (Fsp3) is 0.278. The Morgan fingerprint density at radius 1 is 1.26 bits per heavy atom. The Balaban J connectivity index is 2.03. The molecule has 1 aliphatic heterocycles. The average molecular weight is 483 g/mol. The maximum Gasteiger partial charge on any atom is 0.434 e. The zero-order chi connectivity index (χ0) is 22.9. The lowest BCUT2D eigenvalue weighted by Gasteiger charge is -2.29. The Labute approximate surface area is 182 Å². The van der Waals surface area contributed by atoms with Gasteiger partial charge >= 0.3 is 12.2 Å². The molecule has 1 atom stereocenters. The van der Waals surface area contributed by atoms with Gasteiger partial charge in [0.2, 0.25) is 5.91 Å². The predicted molar refractivity (Wildman–Crippen MR) is 101 cm³/mol. The number of aromatic nitrogens is 1. The Morgan fingerprint density at radius 3 is 2.58 bits per heavy atom. The van der Waals surface area contributed by atoms with Gasteiger partial charge in [0.1, 0.15) is 23.2 Å². The van der Waals surface area contributed by atoms with Crippen molar-refractivity contribution in [2.75, 3.05) is 19.6 Å². The summed E-state index contributed by atoms with van der Waals surface area (Å²) in [6, 6.07) is 0.448. The quantitative estimate of drug-likeness (QED) is 0.514. The van der Waals surface area contributed by atoms with Gasteiger partial charge in [0.05, 0.1) is 11.1 Å². The molecule has 0 radical (unpaired) electrons. The number of alkyl halides is 3. The molecule has 0 saturated carbocycles. The number of urea groups is 1. The second-order valence-corrected chi connectivity index (χ2v) is 7.30. The van der Waals surface area contributed by atoms with Crippen molar-refractivity contribution in [3.8, 4) is 0 Å². The smallest absolute Gasteiger partial charge is 0.353 e. The van der Waals surface area contributed by atoms with Crippen molar-refractivity contribution in [3.63, 3.8) is 0 Å². The molecule has 166 valence electrons. The van der Waals surface area contributed by atoms with Crippen LogP contribution in [0.5, 0.6) is 0 Å². The molecule has 2 heterocycles. The van der Waals surface area contributed by atoms with Crippen molar-refractivity contribution in [1.82, 2.24) is 20.5 Å². The van der Waals surface area contributed by atoms with E-state index in [0.29, 0.717) is 0 Å². The van der Waals surface area contributed by atoms with Crippen molar-refractivity contribution >= 4 is 35.1 Å². The molecule has 0 aliphatic carbocycles. The summed E-state index contributed by atoms with van der Waals surface area (Å²) in [5.41, 5.74) is -1.82. The summed E-state index contributed by atoms with van der Waals surface area (Å²) >= 11 is 11.3. The highest BCUT2D eigenvalue weighted by molar-refractivity contribution is 6.31. The predicted octanol–water partition coefficient (Wildman–Crippen LogP) is 3.92. The molecule has 2 aromatic rings. The van der Waals surface area contributed by atoms with Gasteiger partial charge in [-0.1, -0.05) is 29.3 Å². The summed E-state index contributed by atoms with van der Waals surface area (Å²) in [5.74, 6) is -2.71. The van der Waals surface area contributed by atoms with E-state index in [4.69, 9.17) is 23.2 Å². The van der Waals surface area contributed by atoms with Crippen LogP contribution in [0.2, 0.25) is 10.0 Å². The third-order valence-corrected chi connectivity index (χ3v) is 5.07. The maximum absolute atomic E-state index is 14.7. The topological polar surface area (TPSA) is 74.3 Å². The lowest BCUT2D eigenvalue weighted by molar-refractivity contribution is -0.141. The van der Waals surface area contributed by atoms with E-state index in [9.17, 15) is 31.5 Å². The molecule has 6 nitrogen and oxygen atoms in total. The van der Waals surface area contributed by atoms with E-state index in [1.54, 1.807) is 0 Å². The van der Waals surface area contributed by atoms with Crippen molar-refractivity contribution in [2.45, 2.75) is 12.2 Å². The summed E-state index contributed by atoms with van der Waals surface area (Å²) in [4.78, 5) is 28.6. The number of rotatable bonds is 3. The molecule has 0 unspecified atom stereocenters. The fourth-order valence-electron chi connectivity index (χ4n) is 2.95. The van der Waals surface area contributed by atoms with Gasteiger partial charge in [-0.05, 0) is 17.7 Å². The normalized spacial score (nSPS) is 15.5. The molecular weight excluding hydrogens is 470 g/mol. The molecule has 2 N–H and O–H groups in total. The Kier molecular flexibility index (Phi) is 6.56. The lowest BCUT2D eigenvalue weighted by atomic mass is 9.99. The first-order chi connectivity index (χ1) is 14.5. The molecule has 0 spiro atoms. The van der Waals surface area contributed by atoms with Crippen molar-refractivity contribution < 1.29 is 31.5 Å². The second-order valence-electron chi connectivity index (χ2n) is 6.52. The first-order valence-corrected chi connectivity index (χ1v) is 9.42. The van der Waals surface area contributed by atoms with Crippen LogP contribution in [0.25, 0.3) is 0 Å². The van der Waals surface area contributed by atoms with Gasteiger partial charge in [0, 0.05) is 24.8 Å². The van der Waals surface area contributed by atoms with Gasteiger partial charge < -0.3 is 15.5 Å². The van der Waals surface area contributed by atoms with Crippen LogP contribution in [0.4, 0.5) is 26.7 Å². The highest BCUT2D eigenvalue weighted by atomic mass is 35.5. The van der Waals surface area contributed by atoms with E-state index in [2.05, 4.69) is 15.6 Å². The first kappa shape index (κ1) is 23.0. The number of piperazine rings is 1. The van der Waals surface area contributed by atoms with Gasteiger partial charge in [0.25, 0.3) is 0 Å². The number of pyridine rings is 1. The molecule has 1 fully saturated rings. The van der Waals surface area contributed by atoms with E-state index in [1.165, 1.54) is 0 Å². The lowest BCUT2D eigenvalue weighted by Crippen LogP contribution is -2.53. The largest absolute Gasteiger partial charge is 0.434 e. The van der Waals surface area contributed by atoms with Crippen LogP contribution in [0.3, 0.4) is 0 Å². The molecule has 0 bridgehead atoms. The number of halogens is 7. The first-order valence-electron chi connectivity index (χ1n) is 8.67. The van der Waals surface area contributed by atoms with Crippen LogP contribution in [0, 0.1) is 11.6 Å². The van der Waals surface area contributed by atoms with Crippen LogP contribution < -0.4 is 10.6 Å². The Hall–Kier alpha value is -2.66. The number of benzene rings is 1. The maximum atomic E-state index is 14.7. The SMILES string of the molecule is O=C1CN(C(=O)N[C@H](c2cnc(C(F)(F)F)c(Cl)c2)c2ccc(F)c(Cl)c2F)CCN1. The van der Waals surface area contributed by atoms with Crippen LogP contribution in [0.15, 0.2) is 24.4 Å². The molecular formula is C18H13Cl2F5N4O2. The second kappa shape index (κ2) is 8.83. The zero-order valence-corrected chi connectivity index (χ0v) is 16.9. The number of nitrogens with zero attached hydrogens (tertiary/aromatic N) is 2. The molecule has 3 rings (SSSR count). The molecule has 1 aromatic heterocycles. The molecule has 3 amide bonds. The third-order valence-electron chi connectivity index (χ3n) is 4.43. The van der Waals surface area contributed by atoms with Gasteiger partial charge in [0.15, 0.2) is 5.69 Å². The standard InChI is InChI=1S/C18H13Cl2F5N4O2/c19-10-5-8(6-27-16(10)18(23,24)25)15(9-1-2-11(21)13(20)14(9)22)28-17(31)29-4-3-26-12(30)7-29/h1-2,5-6,15H,3-4,7H2,(H,26,30)(H,28,31)/t15-/m1/s1. The summed E-state index contributed by atoms with van der Waals surface area (Å²) in [6.07, 6.45) is -4.07. The van der Waals surface area contributed by atoms with E-state index in [-0.39, 0.29) is 30.8 Å². The zero-order valence-electron chi connectivity index (χ0n) is 15.4. The van der Waals surface area contributed by atoms with Crippen LogP contribution in [-0.4, -0.2) is 41.5 Å². The van der Waals surface area contributed by atoms with Crippen LogP contribution in [0.1, 0.15) is 22.9 Å². The molecule has 31 heavy (non-hydrogen) atoms. The van der Waals surface area contributed by atoms with Crippen molar-refractivity contribution in [3.05, 3.63) is 62.9 Å².